The van der Waals surface area contributed by atoms with Crippen molar-refractivity contribution in [2.45, 2.75) is 6.92 Å². The molecule has 0 aliphatic carbocycles. The third-order valence-corrected chi connectivity index (χ3v) is 1.19. The van der Waals surface area contributed by atoms with Crippen molar-refractivity contribution in [1.29, 1.82) is 0 Å². The molecule has 1 aromatic rings. The molecule has 1 heterocycles. The molecule has 4 heteroatoms. The van der Waals surface area contributed by atoms with Gasteiger partial charge >= 0.3 is 5.97 Å². The monoisotopic (exact) mass is 167 g/mol. The summed E-state index contributed by atoms with van der Waals surface area (Å²) in [5.41, 5.74) is 0. The van der Waals surface area contributed by atoms with Crippen molar-refractivity contribution >= 4 is 5.97 Å². The second kappa shape index (κ2) is 3.71. The zero-order valence-corrected chi connectivity index (χ0v) is 6.90. The van der Waals surface area contributed by atoms with Gasteiger partial charge in [-0.05, 0) is 6.07 Å². The standard InChI is InChI=1S/C8H9NO3/c1-6(10)12-8-4-3-7(11-2)5-9-8/h3-5H,1-2H3. The van der Waals surface area contributed by atoms with E-state index in [4.69, 9.17) is 9.47 Å². The molecule has 1 aromatic heterocycles. The van der Waals surface area contributed by atoms with Crippen LogP contribution in [0.5, 0.6) is 11.6 Å². The number of pyridine rings is 1. The molecule has 0 amide bonds. The molecule has 0 aliphatic rings. The van der Waals surface area contributed by atoms with E-state index >= 15 is 0 Å². The third kappa shape index (κ3) is 2.23. The Morgan fingerprint density at radius 1 is 1.50 bits per heavy atom. The molecular formula is C8H9NO3. The molecule has 1 rings (SSSR count). The maximum atomic E-state index is 10.5. The summed E-state index contributed by atoms with van der Waals surface area (Å²) >= 11 is 0. The van der Waals surface area contributed by atoms with Crippen LogP contribution in [0.15, 0.2) is 18.3 Å². The Labute approximate surface area is 70.1 Å². The lowest BCUT2D eigenvalue weighted by molar-refractivity contribution is -0.132. The average Bonchev–Trinajstić information content (AvgIpc) is 2.05. The van der Waals surface area contributed by atoms with E-state index in [2.05, 4.69) is 4.98 Å². The summed E-state index contributed by atoms with van der Waals surface area (Å²) in [4.78, 5) is 14.3. The summed E-state index contributed by atoms with van der Waals surface area (Å²) in [6, 6.07) is 3.24. The second-order valence-electron chi connectivity index (χ2n) is 2.13. The van der Waals surface area contributed by atoms with Gasteiger partial charge in [-0.1, -0.05) is 0 Å². The number of hydrogen-bond donors (Lipinski definition) is 0. The van der Waals surface area contributed by atoms with Gasteiger partial charge in [0, 0.05) is 13.0 Å². The molecule has 0 unspecified atom stereocenters. The Kier molecular flexibility index (Phi) is 2.63. The fraction of sp³-hybridized carbons (Fsp3) is 0.250. The first-order chi connectivity index (χ1) is 5.72. The van der Waals surface area contributed by atoms with E-state index in [9.17, 15) is 4.79 Å². The van der Waals surface area contributed by atoms with Crippen LogP contribution < -0.4 is 9.47 Å². The van der Waals surface area contributed by atoms with Crippen molar-refractivity contribution in [3.8, 4) is 11.6 Å². The van der Waals surface area contributed by atoms with Gasteiger partial charge in [0.2, 0.25) is 5.88 Å². The quantitative estimate of drug-likeness (QED) is 0.617. The molecule has 0 saturated carbocycles. The lowest BCUT2D eigenvalue weighted by Gasteiger charge is -2.00. The number of methoxy groups -OCH3 is 1. The molecule has 64 valence electrons. The maximum Gasteiger partial charge on any atom is 0.309 e. The molecule has 0 atom stereocenters. The zero-order valence-electron chi connectivity index (χ0n) is 6.90. The van der Waals surface area contributed by atoms with Crippen molar-refractivity contribution in [2.24, 2.45) is 0 Å². The smallest absolute Gasteiger partial charge is 0.309 e. The normalized spacial score (nSPS) is 9.17. The molecule has 0 N–H and O–H groups in total. The highest BCUT2D eigenvalue weighted by Crippen LogP contribution is 2.12. The molecule has 4 nitrogen and oxygen atoms in total. The number of nitrogens with zero attached hydrogens (tertiary/aromatic N) is 1. The van der Waals surface area contributed by atoms with E-state index < -0.39 is 0 Å². The van der Waals surface area contributed by atoms with Crippen LogP contribution in [0.1, 0.15) is 6.92 Å². The van der Waals surface area contributed by atoms with E-state index in [1.54, 1.807) is 19.2 Å². The maximum absolute atomic E-state index is 10.5. The van der Waals surface area contributed by atoms with Crippen LogP contribution in [0.4, 0.5) is 0 Å². The molecule has 0 aromatic carbocycles. The van der Waals surface area contributed by atoms with Gasteiger partial charge in [0.05, 0.1) is 13.3 Å². The minimum Gasteiger partial charge on any atom is -0.495 e. The Balaban J connectivity index is 2.71. The third-order valence-electron chi connectivity index (χ3n) is 1.19. The molecule has 0 aliphatic heterocycles. The summed E-state index contributed by atoms with van der Waals surface area (Å²) in [6.07, 6.45) is 1.48. The summed E-state index contributed by atoms with van der Waals surface area (Å²) in [6.45, 7) is 1.33. The number of hydrogen-bond acceptors (Lipinski definition) is 4. The molecule has 12 heavy (non-hydrogen) atoms. The van der Waals surface area contributed by atoms with Crippen molar-refractivity contribution < 1.29 is 14.3 Å². The van der Waals surface area contributed by atoms with Crippen LogP contribution in [-0.2, 0) is 4.79 Å². The van der Waals surface area contributed by atoms with Crippen molar-refractivity contribution in [3.63, 3.8) is 0 Å². The van der Waals surface area contributed by atoms with Gasteiger partial charge in [-0.15, -0.1) is 0 Å². The number of aromatic nitrogens is 1. The summed E-state index contributed by atoms with van der Waals surface area (Å²) in [5, 5.41) is 0. The lowest BCUT2D eigenvalue weighted by atomic mass is 10.4. The van der Waals surface area contributed by atoms with Crippen LogP contribution >= 0.6 is 0 Å². The van der Waals surface area contributed by atoms with Crippen molar-refractivity contribution in [2.75, 3.05) is 7.11 Å². The Bertz CT molecular complexity index is 268. The number of carbonyl (C=O) groups excluding carboxylic acids is 1. The number of esters is 1. The molecule has 0 saturated heterocycles. The Morgan fingerprint density at radius 2 is 2.25 bits per heavy atom. The van der Waals surface area contributed by atoms with Gasteiger partial charge in [-0.3, -0.25) is 4.79 Å². The predicted octanol–water partition coefficient (Wildman–Crippen LogP) is 1.02. The van der Waals surface area contributed by atoms with Crippen LogP contribution in [0.2, 0.25) is 0 Å². The second-order valence-corrected chi connectivity index (χ2v) is 2.13. The first-order valence-corrected chi connectivity index (χ1v) is 3.41. The first-order valence-electron chi connectivity index (χ1n) is 3.41. The number of rotatable bonds is 2. The lowest BCUT2D eigenvalue weighted by Crippen LogP contribution is -2.02. The van der Waals surface area contributed by atoms with Gasteiger partial charge in [0.1, 0.15) is 5.75 Å². The number of carbonyl (C=O) groups is 1. The van der Waals surface area contributed by atoms with E-state index in [-0.39, 0.29) is 11.8 Å². The van der Waals surface area contributed by atoms with E-state index in [1.807, 2.05) is 0 Å². The summed E-state index contributed by atoms with van der Waals surface area (Å²) in [7, 11) is 1.54. The molecule has 0 fully saturated rings. The molecule has 0 spiro atoms. The van der Waals surface area contributed by atoms with E-state index in [0.717, 1.165) is 0 Å². The number of ether oxygens (including phenoxy) is 2. The van der Waals surface area contributed by atoms with Crippen LogP contribution in [0, 0.1) is 0 Å². The Hall–Kier alpha value is -1.58. The van der Waals surface area contributed by atoms with Crippen molar-refractivity contribution in [3.05, 3.63) is 18.3 Å². The zero-order chi connectivity index (χ0) is 8.97. The van der Waals surface area contributed by atoms with Gasteiger partial charge in [-0.2, -0.15) is 0 Å². The van der Waals surface area contributed by atoms with Gasteiger partial charge in [0.25, 0.3) is 0 Å². The van der Waals surface area contributed by atoms with Gasteiger partial charge in [-0.25, -0.2) is 4.98 Å². The molecule has 0 bridgehead atoms. The topological polar surface area (TPSA) is 48.4 Å². The molecular weight excluding hydrogens is 158 g/mol. The largest absolute Gasteiger partial charge is 0.495 e. The minimum atomic E-state index is -0.382. The fourth-order valence-corrected chi connectivity index (χ4v) is 0.695. The molecule has 0 radical (unpaired) electrons. The Morgan fingerprint density at radius 3 is 2.67 bits per heavy atom. The highest BCUT2D eigenvalue weighted by molar-refractivity contribution is 5.68. The van der Waals surface area contributed by atoms with Gasteiger partial charge in [0.15, 0.2) is 0 Å². The highest BCUT2D eigenvalue weighted by Gasteiger charge is 1.98. The fourth-order valence-electron chi connectivity index (χ4n) is 0.695. The predicted molar refractivity (Wildman–Crippen MR) is 42.1 cm³/mol. The van der Waals surface area contributed by atoms with E-state index in [1.165, 1.54) is 13.1 Å². The van der Waals surface area contributed by atoms with E-state index in [0.29, 0.717) is 5.75 Å². The average molecular weight is 167 g/mol. The summed E-state index contributed by atoms with van der Waals surface area (Å²) < 4.78 is 9.58. The van der Waals surface area contributed by atoms with Crippen molar-refractivity contribution in [1.82, 2.24) is 4.98 Å². The van der Waals surface area contributed by atoms with Crippen LogP contribution in [0.25, 0.3) is 0 Å². The van der Waals surface area contributed by atoms with Crippen LogP contribution in [0.3, 0.4) is 0 Å². The van der Waals surface area contributed by atoms with Crippen LogP contribution in [-0.4, -0.2) is 18.1 Å². The summed E-state index contributed by atoms with van der Waals surface area (Å²) in [5.74, 6) is 0.530. The minimum absolute atomic E-state index is 0.281. The SMILES string of the molecule is COc1ccc(OC(C)=O)nc1. The van der Waals surface area contributed by atoms with Gasteiger partial charge < -0.3 is 9.47 Å². The first kappa shape index (κ1) is 8.52. The highest BCUT2D eigenvalue weighted by atomic mass is 16.5.